The summed E-state index contributed by atoms with van der Waals surface area (Å²) in [5.41, 5.74) is 1.81. The molecule has 0 unspecified atom stereocenters. The highest BCUT2D eigenvalue weighted by Crippen LogP contribution is 2.09. The van der Waals surface area contributed by atoms with Gasteiger partial charge in [0, 0.05) is 18.6 Å². The minimum Gasteiger partial charge on any atom is -0.310 e. The van der Waals surface area contributed by atoms with Gasteiger partial charge in [-0.25, -0.2) is 4.98 Å². The first-order chi connectivity index (χ1) is 9.03. The Hall–Kier alpha value is -1.68. The number of rotatable bonds is 5. The van der Waals surface area contributed by atoms with Crippen LogP contribution in [-0.2, 0) is 6.54 Å². The van der Waals surface area contributed by atoms with Gasteiger partial charge in [-0.1, -0.05) is 19.1 Å². The summed E-state index contributed by atoms with van der Waals surface area (Å²) >= 11 is 0. The molecule has 0 aliphatic carbocycles. The number of fused-ring (bicyclic) bond motifs is 1. The Bertz CT molecular complexity index is 616. The molecule has 0 aliphatic rings. The Morgan fingerprint density at radius 3 is 2.79 bits per heavy atom. The topological polar surface area (TPSA) is 46.9 Å². The van der Waals surface area contributed by atoms with Crippen LogP contribution in [0.15, 0.2) is 35.3 Å². The predicted molar refractivity (Wildman–Crippen MR) is 78.4 cm³/mol. The zero-order valence-corrected chi connectivity index (χ0v) is 11.8. The van der Waals surface area contributed by atoms with E-state index in [0.29, 0.717) is 6.54 Å². The van der Waals surface area contributed by atoms with Crippen LogP contribution in [0.4, 0.5) is 0 Å². The van der Waals surface area contributed by atoms with Crippen molar-refractivity contribution in [2.75, 3.05) is 6.54 Å². The summed E-state index contributed by atoms with van der Waals surface area (Å²) in [4.78, 5) is 16.1. The second-order valence-corrected chi connectivity index (χ2v) is 5.40. The molecule has 1 aromatic carbocycles. The van der Waals surface area contributed by atoms with Crippen molar-refractivity contribution in [3.63, 3.8) is 0 Å². The Morgan fingerprint density at radius 2 is 2.05 bits per heavy atom. The van der Waals surface area contributed by atoms with Crippen LogP contribution >= 0.6 is 0 Å². The number of hydrogen-bond donors (Lipinski definition) is 1. The van der Waals surface area contributed by atoms with Crippen molar-refractivity contribution in [3.05, 3.63) is 40.8 Å². The number of benzene rings is 1. The van der Waals surface area contributed by atoms with E-state index in [0.717, 1.165) is 24.0 Å². The number of nitrogens with zero attached hydrogens (tertiary/aromatic N) is 2. The standard InChI is InChI=1S/C15H21N3O/c1-4-15(2,3)17-9-10-18-13-8-6-5-7-12(13)16-11-14(18)19/h5-8,11,17H,4,9-10H2,1-3H3. The van der Waals surface area contributed by atoms with Gasteiger partial charge in [0.15, 0.2) is 0 Å². The van der Waals surface area contributed by atoms with Crippen molar-refractivity contribution < 1.29 is 0 Å². The third kappa shape index (κ3) is 3.20. The van der Waals surface area contributed by atoms with Crippen LogP contribution in [0.2, 0.25) is 0 Å². The maximum absolute atomic E-state index is 11.9. The first-order valence-corrected chi connectivity index (χ1v) is 6.73. The summed E-state index contributed by atoms with van der Waals surface area (Å²) in [6, 6.07) is 7.73. The summed E-state index contributed by atoms with van der Waals surface area (Å²) in [6.07, 6.45) is 2.45. The van der Waals surface area contributed by atoms with Gasteiger partial charge in [-0.15, -0.1) is 0 Å². The van der Waals surface area contributed by atoms with Gasteiger partial charge in [0.25, 0.3) is 5.56 Å². The lowest BCUT2D eigenvalue weighted by atomic mass is 10.0. The molecule has 0 radical (unpaired) electrons. The molecule has 0 bridgehead atoms. The van der Waals surface area contributed by atoms with Gasteiger partial charge in [0.1, 0.15) is 0 Å². The number of hydrogen-bond acceptors (Lipinski definition) is 3. The first kappa shape index (κ1) is 13.7. The second-order valence-electron chi connectivity index (χ2n) is 5.40. The lowest BCUT2D eigenvalue weighted by Crippen LogP contribution is -2.41. The quantitative estimate of drug-likeness (QED) is 0.895. The van der Waals surface area contributed by atoms with Crippen molar-refractivity contribution in [1.82, 2.24) is 14.9 Å². The molecule has 0 amide bonds. The molecule has 0 atom stereocenters. The van der Waals surface area contributed by atoms with Gasteiger partial charge in [-0.2, -0.15) is 0 Å². The van der Waals surface area contributed by atoms with Crippen LogP contribution in [0.25, 0.3) is 11.0 Å². The monoisotopic (exact) mass is 259 g/mol. The van der Waals surface area contributed by atoms with Gasteiger partial charge in [-0.05, 0) is 32.4 Å². The van der Waals surface area contributed by atoms with E-state index in [9.17, 15) is 4.79 Å². The summed E-state index contributed by atoms with van der Waals surface area (Å²) < 4.78 is 1.78. The minimum absolute atomic E-state index is 0.0465. The van der Waals surface area contributed by atoms with E-state index < -0.39 is 0 Å². The fourth-order valence-electron chi connectivity index (χ4n) is 1.98. The highest BCUT2D eigenvalue weighted by atomic mass is 16.1. The Kier molecular flexibility index (Phi) is 4.00. The molecule has 1 aromatic heterocycles. The van der Waals surface area contributed by atoms with E-state index in [2.05, 4.69) is 31.1 Å². The van der Waals surface area contributed by atoms with Crippen molar-refractivity contribution in [3.8, 4) is 0 Å². The molecule has 4 heteroatoms. The van der Waals surface area contributed by atoms with Crippen LogP contribution < -0.4 is 10.9 Å². The van der Waals surface area contributed by atoms with E-state index in [4.69, 9.17) is 0 Å². The summed E-state index contributed by atoms with van der Waals surface area (Å²) in [5, 5.41) is 3.47. The summed E-state index contributed by atoms with van der Waals surface area (Å²) in [7, 11) is 0. The third-order valence-electron chi connectivity index (χ3n) is 3.58. The average Bonchev–Trinajstić information content (AvgIpc) is 2.41. The Labute approximate surface area is 113 Å². The lowest BCUT2D eigenvalue weighted by molar-refractivity contribution is 0.368. The maximum atomic E-state index is 11.9. The second kappa shape index (κ2) is 5.53. The van der Waals surface area contributed by atoms with Crippen LogP contribution in [-0.4, -0.2) is 21.6 Å². The summed E-state index contributed by atoms with van der Waals surface area (Å²) in [5.74, 6) is 0. The zero-order chi connectivity index (χ0) is 13.9. The Balaban J connectivity index is 2.21. The molecule has 0 aliphatic heterocycles. The fraction of sp³-hybridized carbons (Fsp3) is 0.467. The molecule has 2 rings (SSSR count). The molecule has 4 nitrogen and oxygen atoms in total. The zero-order valence-electron chi connectivity index (χ0n) is 11.8. The molecule has 0 saturated heterocycles. The molecule has 2 aromatic rings. The maximum Gasteiger partial charge on any atom is 0.269 e. The molecule has 0 saturated carbocycles. The van der Waals surface area contributed by atoms with Gasteiger partial charge in [0.2, 0.25) is 0 Å². The molecule has 0 spiro atoms. The van der Waals surface area contributed by atoms with E-state index in [-0.39, 0.29) is 11.1 Å². The highest BCUT2D eigenvalue weighted by Gasteiger charge is 2.13. The van der Waals surface area contributed by atoms with Crippen LogP contribution in [0.3, 0.4) is 0 Å². The highest BCUT2D eigenvalue weighted by molar-refractivity contribution is 5.74. The normalized spacial score (nSPS) is 11.9. The Morgan fingerprint density at radius 1 is 1.32 bits per heavy atom. The number of para-hydroxylation sites is 2. The lowest BCUT2D eigenvalue weighted by Gasteiger charge is -2.24. The van der Waals surface area contributed by atoms with E-state index in [1.807, 2.05) is 24.3 Å². The van der Waals surface area contributed by atoms with Gasteiger partial charge in [0.05, 0.1) is 17.2 Å². The van der Waals surface area contributed by atoms with Gasteiger partial charge in [-0.3, -0.25) is 4.79 Å². The van der Waals surface area contributed by atoms with Crippen LogP contribution in [0.1, 0.15) is 27.2 Å². The molecular formula is C15H21N3O. The summed E-state index contributed by atoms with van der Waals surface area (Å²) in [6.45, 7) is 7.92. The molecule has 0 fully saturated rings. The van der Waals surface area contributed by atoms with Gasteiger partial charge >= 0.3 is 0 Å². The van der Waals surface area contributed by atoms with Crippen molar-refractivity contribution in [2.24, 2.45) is 0 Å². The first-order valence-electron chi connectivity index (χ1n) is 6.73. The van der Waals surface area contributed by atoms with Crippen molar-refractivity contribution >= 4 is 11.0 Å². The van der Waals surface area contributed by atoms with Crippen molar-refractivity contribution in [1.29, 1.82) is 0 Å². The van der Waals surface area contributed by atoms with Crippen LogP contribution in [0, 0.1) is 0 Å². The molecule has 102 valence electrons. The molecular weight excluding hydrogens is 238 g/mol. The van der Waals surface area contributed by atoms with Crippen molar-refractivity contribution in [2.45, 2.75) is 39.3 Å². The average molecular weight is 259 g/mol. The largest absolute Gasteiger partial charge is 0.310 e. The van der Waals surface area contributed by atoms with E-state index >= 15 is 0 Å². The van der Waals surface area contributed by atoms with E-state index in [1.165, 1.54) is 6.20 Å². The molecule has 1 N–H and O–H groups in total. The number of aromatic nitrogens is 2. The minimum atomic E-state index is -0.0465. The predicted octanol–water partition coefficient (Wildman–Crippen LogP) is 2.17. The molecule has 1 heterocycles. The number of nitrogens with one attached hydrogen (secondary N) is 1. The van der Waals surface area contributed by atoms with Crippen LogP contribution in [0.5, 0.6) is 0 Å². The molecule has 19 heavy (non-hydrogen) atoms. The smallest absolute Gasteiger partial charge is 0.269 e. The van der Waals surface area contributed by atoms with Gasteiger partial charge < -0.3 is 9.88 Å². The fourth-order valence-corrected chi connectivity index (χ4v) is 1.98. The SMILES string of the molecule is CCC(C)(C)NCCn1c(=O)cnc2ccccc21. The van der Waals surface area contributed by atoms with E-state index in [1.54, 1.807) is 4.57 Å². The third-order valence-corrected chi connectivity index (χ3v) is 3.58.